The molecule has 4 atom stereocenters. The Hall–Kier alpha value is -2.19. The number of hydrogen-bond donors (Lipinski definition) is 1. The van der Waals surface area contributed by atoms with Crippen molar-refractivity contribution in [2.45, 2.75) is 17.9 Å². The molecule has 3 aromatic carbocycles. The van der Waals surface area contributed by atoms with E-state index in [1.807, 2.05) is 78.9 Å². The normalized spacial score (nSPS) is 26.2. The summed E-state index contributed by atoms with van der Waals surface area (Å²) in [6.45, 7) is 0. The summed E-state index contributed by atoms with van der Waals surface area (Å²) in [5.41, 5.74) is 3.17. The third kappa shape index (κ3) is 3.45. The highest BCUT2D eigenvalue weighted by atomic mass is 31.1. The van der Waals surface area contributed by atoms with E-state index in [0.29, 0.717) is 0 Å². The lowest BCUT2D eigenvalue weighted by atomic mass is 9.95. The number of hydrogen-bond acceptors (Lipinski definition) is 3. The standard InChI is InChI=1S/C21H20NO2P/c23-25-21(18-14-8-3-9-15-18)22-19(16-10-4-1-5-11-16)20(24-25)17-12-6-2-7-13-17/h1-15,19-22,25H/t19-,20+,21-/m0/s1. The minimum absolute atomic E-state index is 0.0588. The van der Waals surface area contributed by atoms with Crippen LogP contribution >= 0.6 is 8.03 Å². The van der Waals surface area contributed by atoms with Crippen LogP contribution in [-0.2, 0) is 9.09 Å². The molecule has 1 aliphatic rings. The van der Waals surface area contributed by atoms with Gasteiger partial charge < -0.3 is 4.52 Å². The Balaban J connectivity index is 1.72. The molecule has 1 heterocycles. The van der Waals surface area contributed by atoms with Gasteiger partial charge in [0.2, 0.25) is 8.03 Å². The molecule has 0 bridgehead atoms. The topological polar surface area (TPSA) is 38.3 Å². The Bertz CT molecular complexity index is 840. The maximum Gasteiger partial charge on any atom is 0.213 e. The summed E-state index contributed by atoms with van der Waals surface area (Å²) < 4.78 is 18.9. The fourth-order valence-electron chi connectivity index (χ4n) is 3.31. The Morgan fingerprint density at radius 2 is 1.16 bits per heavy atom. The van der Waals surface area contributed by atoms with Crippen LogP contribution in [-0.4, -0.2) is 0 Å². The quantitative estimate of drug-likeness (QED) is 0.655. The van der Waals surface area contributed by atoms with E-state index in [1.54, 1.807) is 0 Å². The zero-order valence-corrected chi connectivity index (χ0v) is 14.7. The van der Waals surface area contributed by atoms with E-state index >= 15 is 0 Å². The average molecular weight is 349 g/mol. The third-order valence-electron chi connectivity index (χ3n) is 4.55. The highest BCUT2D eigenvalue weighted by molar-refractivity contribution is 7.39. The zero-order chi connectivity index (χ0) is 17.1. The molecule has 126 valence electrons. The van der Waals surface area contributed by atoms with E-state index in [2.05, 4.69) is 17.4 Å². The highest BCUT2D eigenvalue weighted by Gasteiger charge is 2.37. The van der Waals surface area contributed by atoms with Crippen molar-refractivity contribution in [2.24, 2.45) is 0 Å². The molecule has 3 nitrogen and oxygen atoms in total. The molecule has 0 amide bonds. The molecule has 1 N–H and O–H groups in total. The lowest BCUT2D eigenvalue weighted by molar-refractivity contribution is 0.133. The minimum atomic E-state index is -2.28. The molecule has 1 fully saturated rings. The smallest absolute Gasteiger partial charge is 0.213 e. The molecule has 0 radical (unpaired) electrons. The van der Waals surface area contributed by atoms with Crippen molar-refractivity contribution in [3.8, 4) is 0 Å². The van der Waals surface area contributed by atoms with Crippen molar-refractivity contribution in [2.75, 3.05) is 0 Å². The van der Waals surface area contributed by atoms with E-state index in [9.17, 15) is 4.57 Å². The first-order chi connectivity index (χ1) is 12.3. The highest BCUT2D eigenvalue weighted by Crippen LogP contribution is 2.53. The van der Waals surface area contributed by atoms with Gasteiger partial charge in [0.05, 0.1) is 6.04 Å². The Morgan fingerprint density at radius 1 is 0.680 bits per heavy atom. The van der Waals surface area contributed by atoms with Gasteiger partial charge >= 0.3 is 0 Å². The van der Waals surface area contributed by atoms with Crippen LogP contribution in [0.5, 0.6) is 0 Å². The number of benzene rings is 3. The molecule has 0 aliphatic carbocycles. The number of rotatable bonds is 3. The first kappa shape index (κ1) is 16.3. The van der Waals surface area contributed by atoms with Crippen LogP contribution in [0.15, 0.2) is 91.0 Å². The van der Waals surface area contributed by atoms with E-state index in [0.717, 1.165) is 16.7 Å². The second-order valence-corrected chi connectivity index (χ2v) is 7.62. The first-order valence-corrected chi connectivity index (χ1v) is 9.84. The Morgan fingerprint density at radius 3 is 1.72 bits per heavy atom. The molecule has 0 aromatic heterocycles. The molecule has 1 aliphatic heterocycles. The molecular formula is C21H20NO2P. The van der Waals surface area contributed by atoms with Gasteiger partial charge in [0.1, 0.15) is 11.9 Å². The predicted octanol–water partition coefficient (Wildman–Crippen LogP) is 5.26. The van der Waals surface area contributed by atoms with Crippen molar-refractivity contribution < 1.29 is 9.09 Å². The van der Waals surface area contributed by atoms with Crippen molar-refractivity contribution in [1.29, 1.82) is 0 Å². The molecule has 1 saturated heterocycles. The van der Waals surface area contributed by atoms with E-state index < -0.39 is 8.03 Å². The van der Waals surface area contributed by atoms with Crippen molar-refractivity contribution in [1.82, 2.24) is 5.32 Å². The minimum Gasteiger partial charge on any atom is -0.319 e. The molecule has 4 rings (SSSR count). The van der Waals surface area contributed by atoms with Crippen LogP contribution in [0.2, 0.25) is 0 Å². The first-order valence-electron chi connectivity index (χ1n) is 8.44. The maximum atomic E-state index is 12.9. The molecule has 25 heavy (non-hydrogen) atoms. The van der Waals surface area contributed by atoms with Gasteiger partial charge in [0.25, 0.3) is 0 Å². The van der Waals surface area contributed by atoms with Crippen LogP contribution < -0.4 is 5.32 Å². The van der Waals surface area contributed by atoms with Crippen molar-refractivity contribution in [3.63, 3.8) is 0 Å². The summed E-state index contributed by atoms with van der Waals surface area (Å²) in [6.07, 6.45) is -0.269. The van der Waals surface area contributed by atoms with Gasteiger partial charge in [-0.05, 0) is 16.7 Å². The maximum absolute atomic E-state index is 12.9. The summed E-state index contributed by atoms with van der Waals surface area (Å²) >= 11 is 0. The number of nitrogens with one attached hydrogen (secondary N) is 1. The van der Waals surface area contributed by atoms with Gasteiger partial charge in [-0.1, -0.05) is 91.0 Å². The van der Waals surface area contributed by atoms with E-state index in [1.165, 1.54) is 0 Å². The SMILES string of the molecule is O=[P@H]1O[C@H](c2ccccc2)[C@H](c2ccccc2)N[C@@H]1c1ccccc1. The summed E-state index contributed by atoms with van der Waals surface area (Å²) in [7, 11) is -2.28. The van der Waals surface area contributed by atoms with Crippen LogP contribution in [0.1, 0.15) is 34.6 Å². The van der Waals surface area contributed by atoms with Crippen LogP contribution in [0.4, 0.5) is 0 Å². The van der Waals surface area contributed by atoms with Gasteiger partial charge in [-0.3, -0.25) is 9.88 Å². The van der Waals surface area contributed by atoms with Crippen LogP contribution in [0.25, 0.3) is 0 Å². The second kappa shape index (κ2) is 7.37. The summed E-state index contributed by atoms with van der Waals surface area (Å²) in [5.74, 6) is -0.281. The molecule has 0 spiro atoms. The monoisotopic (exact) mass is 349 g/mol. The van der Waals surface area contributed by atoms with E-state index in [4.69, 9.17) is 4.52 Å². The molecule has 0 saturated carbocycles. The average Bonchev–Trinajstić information content (AvgIpc) is 2.70. The van der Waals surface area contributed by atoms with Crippen molar-refractivity contribution >= 4 is 8.03 Å². The zero-order valence-electron chi connectivity index (χ0n) is 13.7. The molecule has 4 heteroatoms. The van der Waals surface area contributed by atoms with Gasteiger partial charge in [-0.25, -0.2) is 0 Å². The Kier molecular flexibility index (Phi) is 4.80. The molecule has 3 aromatic rings. The van der Waals surface area contributed by atoms with Crippen LogP contribution in [0, 0.1) is 0 Å². The van der Waals surface area contributed by atoms with Gasteiger partial charge in [0, 0.05) is 0 Å². The summed E-state index contributed by atoms with van der Waals surface area (Å²) in [4.78, 5) is 0. The summed E-state index contributed by atoms with van der Waals surface area (Å²) in [5, 5.41) is 3.59. The van der Waals surface area contributed by atoms with E-state index in [-0.39, 0.29) is 17.9 Å². The molecule has 0 unspecified atom stereocenters. The molecular weight excluding hydrogens is 329 g/mol. The van der Waals surface area contributed by atoms with Crippen molar-refractivity contribution in [3.05, 3.63) is 108 Å². The third-order valence-corrected chi connectivity index (χ3v) is 6.01. The van der Waals surface area contributed by atoms with Crippen LogP contribution in [0.3, 0.4) is 0 Å². The fourth-order valence-corrected chi connectivity index (χ4v) is 4.75. The van der Waals surface area contributed by atoms with Gasteiger partial charge in [-0.2, -0.15) is 0 Å². The summed E-state index contributed by atoms with van der Waals surface area (Å²) in [6, 6.07) is 30.1. The lowest BCUT2D eigenvalue weighted by Gasteiger charge is -2.38. The largest absolute Gasteiger partial charge is 0.319 e. The lowest BCUT2D eigenvalue weighted by Crippen LogP contribution is -2.34. The second-order valence-electron chi connectivity index (χ2n) is 6.17. The van der Waals surface area contributed by atoms with Gasteiger partial charge in [-0.15, -0.1) is 0 Å². The predicted molar refractivity (Wildman–Crippen MR) is 101 cm³/mol. The van der Waals surface area contributed by atoms with Gasteiger partial charge in [0.15, 0.2) is 0 Å². The fraction of sp³-hybridized carbons (Fsp3) is 0.143. The Labute approximate surface area is 148 Å².